The number of nitro groups is 1. The molecule has 6 nitrogen and oxygen atoms in total. The van der Waals surface area contributed by atoms with Crippen LogP contribution < -0.4 is 9.47 Å². The number of allylic oxidation sites excluding steroid dienone is 1. The first-order valence-corrected chi connectivity index (χ1v) is 9.38. The molecule has 0 aromatic heterocycles. The van der Waals surface area contributed by atoms with Gasteiger partial charge in [0, 0.05) is 12.1 Å². The van der Waals surface area contributed by atoms with Crippen molar-refractivity contribution in [3.05, 3.63) is 61.2 Å². The van der Waals surface area contributed by atoms with E-state index in [2.05, 4.69) is 28.7 Å². The second-order valence-corrected chi connectivity index (χ2v) is 7.01. The van der Waals surface area contributed by atoms with Crippen LogP contribution in [0, 0.1) is 25.0 Å². The van der Waals surface area contributed by atoms with Crippen molar-refractivity contribution >= 4 is 39.9 Å². The quantitative estimate of drug-likeness (QED) is 0.174. The lowest BCUT2D eigenvalue weighted by molar-refractivity contribution is -0.384. The Morgan fingerprint density at radius 1 is 1.37 bits per heavy atom. The third-order valence-electron chi connectivity index (χ3n) is 3.97. The summed E-state index contributed by atoms with van der Waals surface area (Å²) in [6.45, 7) is 4.04. The predicted octanol–water partition coefficient (Wildman–Crippen LogP) is 5.45. The minimum Gasteiger partial charge on any atom is -0.493 e. The summed E-state index contributed by atoms with van der Waals surface area (Å²) in [4.78, 5) is 10.3. The molecule has 2 aromatic rings. The smallest absolute Gasteiger partial charge is 0.269 e. The summed E-state index contributed by atoms with van der Waals surface area (Å²) in [5.41, 5.74) is 1.77. The molecule has 0 aliphatic carbocycles. The van der Waals surface area contributed by atoms with E-state index in [4.69, 9.17) is 9.47 Å². The molecule has 2 rings (SSSR count). The van der Waals surface area contributed by atoms with Gasteiger partial charge in [0.2, 0.25) is 0 Å². The molecule has 0 bridgehead atoms. The van der Waals surface area contributed by atoms with Gasteiger partial charge in [-0.25, -0.2) is 0 Å². The summed E-state index contributed by atoms with van der Waals surface area (Å²) in [6, 6.07) is 11.8. The highest BCUT2D eigenvalue weighted by Crippen LogP contribution is 2.36. The van der Waals surface area contributed by atoms with Crippen molar-refractivity contribution in [2.45, 2.75) is 26.4 Å². The van der Waals surface area contributed by atoms with Crippen LogP contribution in [-0.2, 0) is 0 Å². The van der Waals surface area contributed by atoms with Gasteiger partial charge in [0.15, 0.2) is 11.5 Å². The normalized spacial score (nSPS) is 12.2. The van der Waals surface area contributed by atoms with Crippen molar-refractivity contribution in [1.29, 1.82) is 5.26 Å². The Labute approximate surface area is 171 Å². The zero-order chi connectivity index (χ0) is 20.0. The van der Waals surface area contributed by atoms with Gasteiger partial charge in [-0.15, -0.1) is 0 Å². The number of non-ortho nitro benzene ring substituents is 1. The van der Waals surface area contributed by atoms with Crippen molar-refractivity contribution in [1.82, 2.24) is 0 Å². The Morgan fingerprint density at radius 2 is 2.04 bits per heavy atom. The summed E-state index contributed by atoms with van der Waals surface area (Å²) in [5, 5.41) is 20.3. The van der Waals surface area contributed by atoms with E-state index in [-0.39, 0.29) is 11.8 Å². The zero-order valence-electron chi connectivity index (χ0n) is 15.2. The number of hydrogen-bond acceptors (Lipinski definition) is 5. The average molecular weight is 478 g/mol. The fourth-order valence-corrected chi connectivity index (χ4v) is 3.08. The lowest BCUT2D eigenvalue weighted by atomic mass is 10.0. The molecular formula is C20H19IN2O4. The van der Waals surface area contributed by atoms with Crippen LogP contribution in [0.3, 0.4) is 0 Å². The summed E-state index contributed by atoms with van der Waals surface area (Å²) in [6.07, 6.45) is 2.65. The Bertz CT molecular complexity index is 901. The Hall–Kier alpha value is -2.60. The third kappa shape index (κ3) is 5.20. The molecule has 0 saturated carbocycles. The van der Waals surface area contributed by atoms with Crippen LogP contribution >= 0.6 is 22.6 Å². The third-order valence-corrected chi connectivity index (χ3v) is 4.77. The van der Waals surface area contributed by atoms with Gasteiger partial charge < -0.3 is 9.47 Å². The number of benzene rings is 2. The molecule has 0 aliphatic rings. The van der Waals surface area contributed by atoms with Gasteiger partial charge in [0.05, 0.1) is 33.3 Å². The molecule has 0 amide bonds. The number of nitriles is 1. The van der Waals surface area contributed by atoms with Crippen molar-refractivity contribution in [2.75, 3.05) is 7.11 Å². The van der Waals surface area contributed by atoms with Crippen LogP contribution in [0.25, 0.3) is 11.6 Å². The molecule has 0 heterocycles. The van der Waals surface area contributed by atoms with E-state index in [1.807, 2.05) is 26.0 Å². The molecule has 1 atom stereocenters. The maximum absolute atomic E-state index is 10.8. The molecule has 140 valence electrons. The van der Waals surface area contributed by atoms with Crippen LogP contribution in [-0.4, -0.2) is 18.1 Å². The van der Waals surface area contributed by atoms with Crippen molar-refractivity contribution < 1.29 is 14.4 Å². The standard InChI is InChI=1S/C20H19IN2O4/c1-4-13(2)27-20-18(21)10-14(11-19(20)26-3)9-16(12-22)15-5-7-17(8-6-15)23(24)25/h5-11,13H,4H2,1-3H3/b16-9-/t13-/m1/s1. The molecule has 0 aliphatic heterocycles. The first-order chi connectivity index (χ1) is 12.9. The lowest BCUT2D eigenvalue weighted by Crippen LogP contribution is -2.11. The van der Waals surface area contributed by atoms with Gasteiger partial charge in [0.1, 0.15) is 0 Å². The molecule has 2 aromatic carbocycles. The van der Waals surface area contributed by atoms with Gasteiger partial charge in [-0.2, -0.15) is 5.26 Å². The maximum atomic E-state index is 10.8. The Kier molecular flexibility index (Phi) is 7.19. The van der Waals surface area contributed by atoms with Crippen molar-refractivity contribution in [3.8, 4) is 17.6 Å². The average Bonchev–Trinajstić information content (AvgIpc) is 2.67. The van der Waals surface area contributed by atoms with E-state index >= 15 is 0 Å². The highest BCUT2D eigenvalue weighted by atomic mass is 127. The molecule has 0 unspecified atom stereocenters. The summed E-state index contributed by atoms with van der Waals surface area (Å²) < 4.78 is 12.3. The largest absolute Gasteiger partial charge is 0.493 e. The van der Waals surface area contributed by atoms with E-state index in [1.54, 1.807) is 25.3 Å². The van der Waals surface area contributed by atoms with Crippen molar-refractivity contribution in [2.24, 2.45) is 0 Å². The Balaban J connectivity index is 2.42. The predicted molar refractivity (Wildman–Crippen MR) is 113 cm³/mol. The monoisotopic (exact) mass is 478 g/mol. The molecule has 0 fully saturated rings. The minimum absolute atomic E-state index is 0.0150. The maximum Gasteiger partial charge on any atom is 0.269 e. The molecule has 0 N–H and O–H groups in total. The van der Waals surface area contributed by atoms with E-state index in [1.165, 1.54) is 12.1 Å². The van der Waals surface area contributed by atoms with Crippen molar-refractivity contribution in [3.63, 3.8) is 0 Å². The van der Waals surface area contributed by atoms with E-state index in [9.17, 15) is 15.4 Å². The molecular weight excluding hydrogens is 459 g/mol. The van der Waals surface area contributed by atoms with Crippen LogP contribution in [0.5, 0.6) is 11.5 Å². The molecule has 27 heavy (non-hydrogen) atoms. The SMILES string of the molecule is CC[C@@H](C)Oc1c(I)cc(/C=C(/C#N)c2ccc([N+](=O)[O-])cc2)cc1OC. The number of nitrogens with zero attached hydrogens (tertiary/aromatic N) is 2. The summed E-state index contributed by atoms with van der Waals surface area (Å²) >= 11 is 2.18. The number of halogens is 1. The zero-order valence-corrected chi connectivity index (χ0v) is 17.4. The Morgan fingerprint density at radius 3 is 2.56 bits per heavy atom. The van der Waals surface area contributed by atoms with Gasteiger partial charge in [-0.1, -0.05) is 6.92 Å². The number of hydrogen-bond donors (Lipinski definition) is 0. The molecule has 0 radical (unpaired) electrons. The van der Waals surface area contributed by atoms with Gasteiger partial charge in [0.25, 0.3) is 5.69 Å². The minimum atomic E-state index is -0.469. The van der Waals surface area contributed by atoms with Crippen LogP contribution in [0.2, 0.25) is 0 Å². The molecule has 0 saturated heterocycles. The summed E-state index contributed by atoms with van der Waals surface area (Å²) in [7, 11) is 1.57. The number of methoxy groups -OCH3 is 1. The van der Waals surface area contributed by atoms with E-state index < -0.39 is 4.92 Å². The van der Waals surface area contributed by atoms with Gasteiger partial charge in [-0.3, -0.25) is 10.1 Å². The topological polar surface area (TPSA) is 85.4 Å². The number of rotatable bonds is 7. The second kappa shape index (κ2) is 9.37. The van der Waals surface area contributed by atoms with Gasteiger partial charge in [-0.05, 0) is 77.4 Å². The molecule has 7 heteroatoms. The van der Waals surface area contributed by atoms with Crippen LogP contribution in [0.15, 0.2) is 36.4 Å². The second-order valence-electron chi connectivity index (χ2n) is 5.84. The fourth-order valence-electron chi connectivity index (χ4n) is 2.33. The fraction of sp³-hybridized carbons (Fsp3) is 0.250. The highest BCUT2D eigenvalue weighted by Gasteiger charge is 2.14. The summed E-state index contributed by atoms with van der Waals surface area (Å²) in [5.74, 6) is 1.27. The molecule has 0 spiro atoms. The van der Waals surface area contributed by atoms with E-state index in [0.717, 1.165) is 15.6 Å². The lowest BCUT2D eigenvalue weighted by Gasteiger charge is -2.17. The highest BCUT2D eigenvalue weighted by molar-refractivity contribution is 14.1. The van der Waals surface area contributed by atoms with Gasteiger partial charge >= 0.3 is 0 Å². The van der Waals surface area contributed by atoms with Crippen LogP contribution in [0.1, 0.15) is 31.4 Å². The number of ether oxygens (including phenoxy) is 2. The first-order valence-electron chi connectivity index (χ1n) is 8.30. The first kappa shape index (κ1) is 20.7. The van der Waals surface area contributed by atoms with E-state index in [0.29, 0.717) is 22.6 Å². The van der Waals surface area contributed by atoms with Crippen LogP contribution in [0.4, 0.5) is 5.69 Å². The number of nitro benzene ring substituents is 1.